The molecular weight excluding hydrogens is 342 g/mol. The van der Waals surface area contributed by atoms with Crippen molar-refractivity contribution in [1.29, 1.82) is 0 Å². The number of aliphatic hydroxyl groups excluding tert-OH is 2. The van der Waals surface area contributed by atoms with Crippen molar-refractivity contribution in [2.75, 3.05) is 13.2 Å². The number of aliphatic hydroxyl groups is 2. The number of sulfone groups is 1. The SMILES string of the molecule is O=C(NCCC(O)CO)c1ccccc1S(=O)(=O)Cc1ccccc1. The predicted octanol–water partition coefficient (Wildman–Crippen LogP) is 1.13. The van der Waals surface area contributed by atoms with Gasteiger partial charge in [-0.15, -0.1) is 0 Å². The van der Waals surface area contributed by atoms with Gasteiger partial charge in [-0.05, 0) is 24.1 Å². The van der Waals surface area contributed by atoms with Gasteiger partial charge in [-0.2, -0.15) is 0 Å². The van der Waals surface area contributed by atoms with E-state index in [1.165, 1.54) is 12.1 Å². The fourth-order valence-corrected chi connectivity index (χ4v) is 3.90. The Morgan fingerprint density at radius 1 is 1.04 bits per heavy atom. The second kappa shape index (κ2) is 8.75. The Balaban J connectivity index is 2.18. The molecule has 134 valence electrons. The Labute approximate surface area is 147 Å². The number of carbonyl (C=O) groups excluding carboxylic acids is 1. The van der Waals surface area contributed by atoms with E-state index >= 15 is 0 Å². The molecule has 0 aliphatic carbocycles. The third-order valence-electron chi connectivity index (χ3n) is 3.64. The molecule has 3 N–H and O–H groups in total. The molecule has 0 aromatic heterocycles. The molecule has 0 bridgehead atoms. The first-order valence-corrected chi connectivity index (χ1v) is 9.52. The van der Waals surface area contributed by atoms with Crippen LogP contribution in [-0.2, 0) is 15.6 Å². The third-order valence-corrected chi connectivity index (χ3v) is 5.38. The number of hydrogen-bond acceptors (Lipinski definition) is 5. The van der Waals surface area contributed by atoms with Crippen molar-refractivity contribution in [2.24, 2.45) is 0 Å². The van der Waals surface area contributed by atoms with Gasteiger partial charge < -0.3 is 15.5 Å². The van der Waals surface area contributed by atoms with Crippen LogP contribution in [-0.4, -0.2) is 43.8 Å². The molecule has 7 heteroatoms. The number of benzene rings is 2. The minimum atomic E-state index is -3.69. The molecule has 2 aromatic rings. The Morgan fingerprint density at radius 2 is 1.68 bits per heavy atom. The number of rotatable bonds is 8. The summed E-state index contributed by atoms with van der Waals surface area (Å²) < 4.78 is 25.4. The maximum Gasteiger partial charge on any atom is 0.252 e. The molecule has 0 spiro atoms. The third kappa shape index (κ3) is 5.38. The minimum absolute atomic E-state index is 0.0286. The molecule has 0 saturated heterocycles. The van der Waals surface area contributed by atoms with Crippen LogP contribution >= 0.6 is 0 Å². The summed E-state index contributed by atoms with van der Waals surface area (Å²) in [6.07, 6.45) is -0.737. The second-order valence-corrected chi connectivity index (χ2v) is 7.58. The van der Waals surface area contributed by atoms with Crippen LogP contribution in [0.5, 0.6) is 0 Å². The lowest BCUT2D eigenvalue weighted by molar-refractivity contribution is 0.0833. The molecule has 6 nitrogen and oxygen atoms in total. The van der Waals surface area contributed by atoms with Crippen LogP contribution in [0.4, 0.5) is 0 Å². The molecule has 1 atom stereocenters. The van der Waals surface area contributed by atoms with Gasteiger partial charge in [0.05, 0.1) is 28.9 Å². The Kier molecular flexibility index (Phi) is 6.69. The smallest absolute Gasteiger partial charge is 0.252 e. The molecule has 1 amide bonds. The number of amides is 1. The fraction of sp³-hybridized carbons (Fsp3) is 0.278. The van der Waals surface area contributed by atoms with Gasteiger partial charge in [0.2, 0.25) is 0 Å². The molecule has 25 heavy (non-hydrogen) atoms. The zero-order valence-corrected chi connectivity index (χ0v) is 14.4. The van der Waals surface area contributed by atoms with Crippen molar-refractivity contribution < 1.29 is 23.4 Å². The van der Waals surface area contributed by atoms with Crippen molar-refractivity contribution in [3.8, 4) is 0 Å². The van der Waals surface area contributed by atoms with Crippen molar-refractivity contribution in [1.82, 2.24) is 5.32 Å². The predicted molar refractivity (Wildman–Crippen MR) is 93.8 cm³/mol. The Morgan fingerprint density at radius 3 is 2.36 bits per heavy atom. The average molecular weight is 363 g/mol. The molecule has 0 heterocycles. The van der Waals surface area contributed by atoms with Crippen LogP contribution in [0.15, 0.2) is 59.5 Å². The summed E-state index contributed by atoms with van der Waals surface area (Å²) in [7, 11) is -3.69. The monoisotopic (exact) mass is 363 g/mol. The fourth-order valence-electron chi connectivity index (χ4n) is 2.34. The van der Waals surface area contributed by atoms with Gasteiger partial charge in [0.25, 0.3) is 5.91 Å². The van der Waals surface area contributed by atoms with Crippen LogP contribution in [0.3, 0.4) is 0 Å². The highest BCUT2D eigenvalue weighted by molar-refractivity contribution is 7.90. The number of carbonyl (C=O) groups is 1. The van der Waals surface area contributed by atoms with E-state index in [-0.39, 0.29) is 29.2 Å². The lowest BCUT2D eigenvalue weighted by Crippen LogP contribution is -2.29. The van der Waals surface area contributed by atoms with Crippen molar-refractivity contribution >= 4 is 15.7 Å². The maximum absolute atomic E-state index is 12.7. The van der Waals surface area contributed by atoms with E-state index in [4.69, 9.17) is 5.11 Å². The molecule has 0 aliphatic heterocycles. The van der Waals surface area contributed by atoms with Gasteiger partial charge in [0.15, 0.2) is 9.84 Å². The van der Waals surface area contributed by atoms with E-state index in [2.05, 4.69) is 5.32 Å². The van der Waals surface area contributed by atoms with Crippen molar-refractivity contribution in [3.05, 3.63) is 65.7 Å². The lowest BCUT2D eigenvalue weighted by Gasteiger charge is -2.12. The summed E-state index contributed by atoms with van der Waals surface area (Å²) in [5.74, 6) is -0.723. The van der Waals surface area contributed by atoms with Gasteiger partial charge >= 0.3 is 0 Å². The molecular formula is C18H21NO5S. The minimum Gasteiger partial charge on any atom is -0.394 e. The van der Waals surface area contributed by atoms with Gasteiger partial charge in [-0.25, -0.2) is 8.42 Å². The number of hydrogen-bond donors (Lipinski definition) is 3. The van der Waals surface area contributed by atoms with Crippen molar-refractivity contribution in [3.63, 3.8) is 0 Å². The maximum atomic E-state index is 12.7. The first kappa shape index (κ1) is 19.1. The van der Waals surface area contributed by atoms with Crippen LogP contribution in [0.2, 0.25) is 0 Å². The molecule has 0 fully saturated rings. The largest absolute Gasteiger partial charge is 0.394 e. The molecule has 0 aliphatic rings. The van der Waals surface area contributed by atoms with E-state index in [0.717, 1.165) is 0 Å². The van der Waals surface area contributed by atoms with Crippen LogP contribution in [0, 0.1) is 0 Å². The van der Waals surface area contributed by atoms with E-state index in [1.54, 1.807) is 42.5 Å². The van der Waals surface area contributed by atoms with Gasteiger partial charge in [0.1, 0.15) is 0 Å². The van der Waals surface area contributed by atoms with Crippen LogP contribution < -0.4 is 5.32 Å². The standard InChI is InChI=1S/C18H21NO5S/c20-12-15(21)10-11-19-18(22)16-8-4-5-9-17(16)25(23,24)13-14-6-2-1-3-7-14/h1-9,15,20-21H,10-13H2,(H,19,22). The lowest BCUT2D eigenvalue weighted by atomic mass is 10.2. The summed E-state index contributed by atoms with van der Waals surface area (Å²) >= 11 is 0. The van der Waals surface area contributed by atoms with Crippen molar-refractivity contribution in [2.45, 2.75) is 23.2 Å². The highest BCUT2D eigenvalue weighted by atomic mass is 32.2. The van der Waals surface area contributed by atoms with Gasteiger partial charge in [-0.1, -0.05) is 42.5 Å². The zero-order chi connectivity index (χ0) is 18.3. The van der Waals surface area contributed by atoms with Crippen LogP contribution in [0.1, 0.15) is 22.3 Å². The van der Waals surface area contributed by atoms with Gasteiger partial charge in [-0.3, -0.25) is 4.79 Å². The normalized spacial score (nSPS) is 12.6. The topological polar surface area (TPSA) is 104 Å². The highest BCUT2D eigenvalue weighted by Crippen LogP contribution is 2.20. The van der Waals surface area contributed by atoms with E-state index in [1.807, 2.05) is 0 Å². The quantitative estimate of drug-likeness (QED) is 0.652. The summed E-state index contributed by atoms with van der Waals surface area (Å²) in [5, 5.41) is 20.6. The Bertz CT molecular complexity index is 805. The Hall–Kier alpha value is -2.22. The molecule has 2 aromatic carbocycles. The number of nitrogens with one attached hydrogen (secondary N) is 1. The summed E-state index contributed by atoms with van der Waals surface area (Å²) in [5.41, 5.74) is 0.709. The van der Waals surface area contributed by atoms with Gasteiger partial charge in [0, 0.05) is 6.54 Å². The van der Waals surface area contributed by atoms with E-state index < -0.39 is 28.5 Å². The zero-order valence-electron chi connectivity index (χ0n) is 13.6. The average Bonchev–Trinajstić information content (AvgIpc) is 2.62. The summed E-state index contributed by atoms with van der Waals surface area (Å²) in [6, 6.07) is 14.8. The molecule has 0 saturated carbocycles. The van der Waals surface area contributed by atoms with E-state index in [0.29, 0.717) is 5.56 Å². The molecule has 0 radical (unpaired) electrons. The summed E-state index contributed by atoms with van der Waals surface area (Å²) in [4.78, 5) is 12.3. The molecule has 1 unspecified atom stereocenters. The molecule has 2 rings (SSSR count). The first-order valence-electron chi connectivity index (χ1n) is 7.87. The summed E-state index contributed by atoms with van der Waals surface area (Å²) in [6.45, 7) is -0.258. The highest BCUT2D eigenvalue weighted by Gasteiger charge is 2.22. The van der Waals surface area contributed by atoms with E-state index in [9.17, 15) is 18.3 Å². The second-order valence-electron chi connectivity index (χ2n) is 5.62. The first-order chi connectivity index (χ1) is 11.9. The van der Waals surface area contributed by atoms with Crippen LogP contribution in [0.25, 0.3) is 0 Å².